The van der Waals surface area contributed by atoms with Crippen molar-refractivity contribution in [3.8, 4) is 0 Å². The highest BCUT2D eigenvalue weighted by molar-refractivity contribution is 9.10. The lowest BCUT2D eigenvalue weighted by molar-refractivity contribution is 0.599. The molecule has 0 aliphatic rings. The fourth-order valence-electron chi connectivity index (χ4n) is 1.46. The third kappa shape index (κ3) is 4.94. The van der Waals surface area contributed by atoms with Crippen LogP contribution in [0.5, 0.6) is 0 Å². The largest absolute Gasteiger partial charge is 0.360 e. The second-order valence-electron chi connectivity index (χ2n) is 3.80. The molecular weight excluding hydrogens is 284 g/mol. The van der Waals surface area contributed by atoms with Crippen LogP contribution in [0.15, 0.2) is 28.7 Å². The van der Waals surface area contributed by atoms with E-state index in [1.165, 1.54) is 0 Å². The summed E-state index contributed by atoms with van der Waals surface area (Å²) in [6, 6.07) is 8.37. The summed E-state index contributed by atoms with van der Waals surface area (Å²) in [5, 5.41) is 7.10. The molecule has 0 amide bonds. The highest BCUT2D eigenvalue weighted by atomic mass is 79.9. The van der Waals surface area contributed by atoms with E-state index in [1.807, 2.05) is 24.3 Å². The minimum absolute atomic E-state index is 0.414. The molecule has 0 heterocycles. The molecule has 0 radical (unpaired) electrons. The summed E-state index contributed by atoms with van der Waals surface area (Å²) in [5.74, 6) is 0. The van der Waals surface area contributed by atoms with Crippen LogP contribution in [0.25, 0.3) is 0 Å². The predicted molar refractivity (Wildman–Crippen MR) is 77.9 cm³/mol. The van der Waals surface area contributed by atoms with E-state index in [0.717, 1.165) is 23.0 Å². The highest BCUT2D eigenvalue weighted by Crippen LogP contribution is 2.15. The third-order valence-corrected chi connectivity index (χ3v) is 2.89. The van der Waals surface area contributed by atoms with Crippen molar-refractivity contribution < 1.29 is 0 Å². The Kier molecular flexibility index (Phi) is 5.77. The van der Waals surface area contributed by atoms with Gasteiger partial charge in [-0.05, 0) is 43.8 Å². The van der Waals surface area contributed by atoms with Crippen molar-refractivity contribution in [2.45, 2.75) is 32.7 Å². The van der Waals surface area contributed by atoms with Gasteiger partial charge in [0.2, 0.25) is 0 Å². The number of anilines is 1. The maximum absolute atomic E-state index is 5.23. The van der Waals surface area contributed by atoms with Gasteiger partial charge in [-0.1, -0.05) is 35.3 Å². The van der Waals surface area contributed by atoms with Crippen molar-refractivity contribution in [2.75, 3.05) is 5.32 Å². The smallest absolute Gasteiger partial charge is 0.170 e. The van der Waals surface area contributed by atoms with Crippen LogP contribution in [0.1, 0.15) is 26.7 Å². The predicted octanol–water partition coefficient (Wildman–Crippen LogP) is 3.92. The van der Waals surface area contributed by atoms with Crippen LogP contribution in [-0.4, -0.2) is 11.2 Å². The number of thiocarbonyl (C=S) groups is 1. The van der Waals surface area contributed by atoms with E-state index in [1.54, 1.807) is 0 Å². The third-order valence-electron chi connectivity index (χ3n) is 2.18. The first-order valence-corrected chi connectivity index (χ1v) is 6.65. The molecule has 0 saturated carbocycles. The molecule has 1 aromatic rings. The Morgan fingerprint density at radius 1 is 1.50 bits per heavy atom. The summed E-state index contributed by atoms with van der Waals surface area (Å²) in [6.07, 6.45) is 2.29. The van der Waals surface area contributed by atoms with Crippen molar-refractivity contribution in [2.24, 2.45) is 0 Å². The Hall–Kier alpha value is -0.610. The zero-order valence-electron chi connectivity index (χ0n) is 9.59. The van der Waals surface area contributed by atoms with Crippen molar-refractivity contribution in [3.63, 3.8) is 0 Å². The molecule has 0 fully saturated rings. The second kappa shape index (κ2) is 6.86. The van der Waals surface area contributed by atoms with E-state index in [2.05, 4.69) is 40.4 Å². The topological polar surface area (TPSA) is 24.1 Å². The quantitative estimate of drug-likeness (QED) is 0.824. The first-order valence-electron chi connectivity index (χ1n) is 5.45. The lowest BCUT2D eigenvalue weighted by Crippen LogP contribution is -2.35. The van der Waals surface area contributed by atoms with Gasteiger partial charge in [0.25, 0.3) is 0 Å². The number of nitrogens with one attached hydrogen (secondary N) is 2. The van der Waals surface area contributed by atoms with Crippen molar-refractivity contribution >= 4 is 38.9 Å². The van der Waals surface area contributed by atoms with Gasteiger partial charge in [0.15, 0.2) is 5.11 Å². The molecule has 1 rings (SSSR count). The normalized spacial score (nSPS) is 11.9. The number of halogens is 1. The SMILES string of the molecule is CCC[C@H](C)NC(=S)Nc1cccc(Br)c1. The standard InChI is InChI=1S/C12H17BrN2S/c1-3-5-9(2)14-12(16)15-11-7-4-6-10(13)8-11/h4,6-9H,3,5H2,1-2H3,(H2,14,15,16)/t9-/m0/s1. The highest BCUT2D eigenvalue weighted by Gasteiger charge is 2.03. The first-order chi connectivity index (χ1) is 7.61. The summed E-state index contributed by atoms with van der Waals surface area (Å²) < 4.78 is 1.04. The van der Waals surface area contributed by atoms with E-state index >= 15 is 0 Å². The Balaban J connectivity index is 2.45. The molecular formula is C12H17BrN2S. The molecule has 0 aromatic heterocycles. The van der Waals surface area contributed by atoms with E-state index in [9.17, 15) is 0 Å². The van der Waals surface area contributed by atoms with E-state index in [-0.39, 0.29) is 0 Å². The summed E-state index contributed by atoms with van der Waals surface area (Å²) in [4.78, 5) is 0. The molecule has 4 heteroatoms. The van der Waals surface area contributed by atoms with E-state index < -0.39 is 0 Å². The molecule has 0 bridgehead atoms. The van der Waals surface area contributed by atoms with Gasteiger partial charge in [-0.15, -0.1) is 0 Å². The van der Waals surface area contributed by atoms with Gasteiger partial charge >= 0.3 is 0 Å². The van der Waals surface area contributed by atoms with Gasteiger partial charge in [-0.2, -0.15) is 0 Å². The van der Waals surface area contributed by atoms with Crippen LogP contribution in [0.2, 0.25) is 0 Å². The van der Waals surface area contributed by atoms with Gasteiger partial charge < -0.3 is 10.6 Å². The van der Waals surface area contributed by atoms with Crippen molar-refractivity contribution in [1.82, 2.24) is 5.32 Å². The zero-order valence-corrected chi connectivity index (χ0v) is 12.0. The average Bonchev–Trinajstić information content (AvgIpc) is 2.17. The molecule has 16 heavy (non-hydrogen) atoms. The summed E-state index contributed by atoms with van der Waals surface area (Å²) in [7, 11) is 0. The van der Waals surface area contributed by atoms with Gasteiger partial charge in [-0.3, -0.25) is 0 Å². The minimum atomic E-state index is 0.414. The Morgan fingerprint density at radius 3 is 2.88 bits per heavy atom. The second-order valence-corrected chi connectivity index (χ2v) is 5.12. The lowest BCUT2D eigenvalue weighted by atomic mass is 10.2. The number of hydrogen-bond acceptors (Lipinski definition) is 1. The van der Waals surface area contributed by atoms with Gasteiger partial charge in [0, 0.05) is 16.2 Å². The van der Waals surface area contributed by atoms with Crippen LogP contribution in [0.4, 0.5) is 5.69 Å². The maximum Gasteiger partial charge on any atom is 0.170 e. The molecule has 88 valence electrons. The Labute approximate surface area is 111 Å². The van der Waals surface area contributed by atoms with Gasteiger partial charge in [0.1, 0.15) is 0 Å². The lowest BCUT2D eigenvalue weighted by Gasteiger charge is -2.16. The molecule has 0 saturated heterocycles. The molecule has 0 unspecified atom stereocenters. The summed E-state index contributed by atoms with van der Waals surface area (Å²) >= 11 is 8.66. The van der Waals surface area contributed by atoms with Crippen molar-refractivity contribution in [1.29, 1.82) is 0 Å². The number of benzene rings is 1. The fourth-order valence-corrected chi connectivity index (χ4v) is 2.18. The molecule has 1 atom stereocenters. The van der Waals surface area contributed by atoms with Crippen LogP contribution in [0, 0.1) is 0 Å². The monoisotopic (exact) mass is 300 g/mol. The molecule has 0 aliphatic heterocycles. The molecule has 2 nitrogen and oxygen atoms in total. The molecule has 0 spiro atoms. The Morgan fingerprint density at radius 2 is 2.25 bits per heavy atom. The summed E-state index contributed by atoms with van der Waals surface area (Å²) in [6.45, 7) is 4.31. The van der Waals surface area contributed by atoms with Crippen LogP contribution < -0.4 is 10.6 Å². The van der Waals surface area contributed by atoms with Gasteiger partial charge in [0.05, 0.1) is 0 Å². The molecule has 2 N–H and O–H groups in total. The first kappa shape index (κ1) is 13.5. The maximum atomic E-state index is 5.23. The van der Waals surface area contributed by atoms with Crippen LogP contribution in [-0.2, 0) is 0 Å². The van der Waals surface area contributed by atoms with E-state index in [4.69, 9.17) is 12.2 Å². The van der Waals surface area contributed by atoms with Crippen LogP contribution >= 0.6 is 28.1 Å². The fraction of sp³-hybridized carbons (Fsp3) is 0.417. The number of hydrogen-bond donors (Lipinski definition) is 2. The Bertz CT molecular complexity index is 355. The van der Waals surface area contributed by atoms with Gasteiger partial charge in [-0.25, -0.2) is 0 Å². The molecule has 0 aliphatic carbocycles. The van der Waals surface area contributed by atoms with E-state index in [0.29, 0.717) is 11.2 Å². The average molecular weight is 301 g/mol. The van der Waals surface area contributed by atoms with Crippen molar-refractivity contribution in [3.05, 3.63) is 28.7 Å². The summed E-state index contributed by atoms with van der Waals surface area (Å²) in [5.41, 5.74) is 0.996. The zero-order chi connectivity index (χ0) is 12.0. The minimum Gasteiger partial charge on any atom is -0.360 e. The number of rotatable bonds is 4. The molecule has 1 aromatic carbocycles. The van der Waals surface area contributed by atoms with Crippen LogP contribution in [0.3, 0.4) is 0 Å².